The molecule has 1 amide bonds. The Morgan fingerprint density at radius 3 is 2.85 bits per heavy atom. The summed E-state index contributed by atoms with van der Waals surface area (Å²) in [5, 5.41) is 5.16. The average Bonchev–Trinajstić information content (AvgIpc) is 2.81. The molecule has 3 rings (SSSR count). The number of aryl methyl sites for hydroxylation is 1. The van der Waals surface area contributed by atoms with E-state index in [-0.39, 0.29) is 0 Å². The Hall–Kier alpha value is -2.21. The number of fused-ring (bicyclic) bond motifs is 1. The molecule has 3 aromatic rings. The Morgan fingerprint density at radius 2 is 2.15 bits per heavy atom. The maximum Gasteiger partial charge on any atom is 0.249 e. The summed E-state index contributed by atoms with van der Waals surface area (Å²) in [6, 6.07) is 9.22. The molecule has 2 heterocycles. The number of hydrogen-bond acceptors (Lipinski definition) is 3. The number of carbonyl (C=O) groups is 1. The predicted octanol–water partition coefficient (Wildman–Crippen LogP) is 2.59. The standard InChI is InChI=1S/C14H11BrN4O/c1-8-3-2-4-13(17-8)19-7-11-10(14(16)20)5-9(15)6-12(11)18-19/h2-7H,1H3,(H2,16,20). The van der Waals surface area contributed by atoms with Gasteiger partial charge in [0, 0.05) is 21.7 Å². The first-order valence-corrected chi connectivity index (χ1v) is 6.76. The summed E-state index contributed by atoms with van der Waals surface area (Å²) in [5.41, 5.74) is 7.44. The highest BCUT2D eigenvalue weighted by Crippen LogP contribution is 2.24. The summed E-state index contributed by atoms with van der Waals surface area (Å²) in [7, 11) is 0. The van der Waals surface area contributed by atoms with Gasteiger partial charge in [-0.25, -0.2) is 9.67 Å². The van der Waals surface area contributed by atoms with Gasteiger partial charge in [0.15, 0.2) is 5.82 Å². The van der Waals surface area contributed by atoms with E-state index < -0.39 is 5.91 Å². The zero-order valence-electron chi connectivity index (χ0n) is 10.7. The van der Waals surface area contributed by atoms with Gasteiger partial charge < -0.3 is 5.73 Å². The van der Waals surface area contributed by atoms with Crippen LogP contribution in [0.4, 0.5) is 0 Å². The summed E-state index contributed by atoms with van der Waals surface area (Å²) in [6.45, 7) is 1.91. The number of benzene rings is 1. The summed E-state index contributed by atoms with van der Waals surface area (Å²) < 4.78 is 2.41. The molecule has 0 aliphatic heterocycles. The number of halogens is 1. The number of nitrogens with two attached hydrogens (primary N) is 1. The number of amides is 1. The van der Waals surface area contributed by atoms with E-state index in [1.165, 1.54) is 0 Å². The number of carbonyl (C=O) groups excluding carboxylic acids is 1. The van der Waals surface area contributed by atoms with E-state index in [4.69, 9.17) is 5.73 Å². The Kier molecular flexibility index (Phi) is 3.02. The largest absolute Gasteiger partial charge is 0.366 e. The minimum atomic E-state index is -0.479. The number of nitrogens with zero attached hydrogens (tertiary/aromatic N) is 3. The molecule has 0 fully saturated rings. The normalized spacial score (nSPS) is 10.9. The Morgan fingerprint density at radius 1 is 1.35 bits per heavy atom. The van der Waals surface area contributed by atoms with Crippen molar-refractivity contribution in [2.75, 3.05) is 0 Å². The lowest BCUT2D eigenvalue weighted by Gasteiger charge is -2.00. The third-order valence-electron chi connectivity index (χ3n) is 2.96. The molecule has 0 saturated heterocycles. The van der Waals surface area contributed by atoms with Crippen LogP contribution in [0.1, 0.15) is 16.1 Å². The Labute approximate surface area is 123 Å². The van der Waals surface area contributed by atoms with Crippen molar-refractivity contribution in [2.45, 2.75) is 6.92 Å². The van der Waals surface area contributed by atoms with Crippen LogP contribution in [0.5, 0.6) is 0 Å². The van der Waals surface area contributed by atoms with Crippen LogP contribution in [0.25, 0.3) is 16.7 Å². The molecule has 0 aliphatic carbocycles. The van der Waals surface area contributed by atoms with Gasteiger partial charge in [-0.3, -0.25) is 4.79 Å². The molecular weight excluding hydrogens is 320 g/mol. The molecule has 2 aromatic heterocycles. The van der Waals surface area contributed by atoms with Crippen LogP contribution in [0.2, 0.25) is 0 Å². The van der Waals surface area contributed by atoms with Gasteiger partial charge in [-0.1, -0.05) is 22.0 Å². The van der Waals surface area contributed by atoms with E-state index in [9.17, 15) is 4.79 Å². The average molecular weight is 331 g/mol. The minimum Gasteiger partial charge on any atom is -0.366 e. The van der Waals surface area contributed by atoms with Gasteiger partial charge in [-0.05, 0) is 31.2 Å². The molecule has 0 aliphatic rings. The first-order valence-electron chi connectivity index (χ1n) is 5.97. The lowest BCUT2D eigenvalue weighted by molar-refractivity contribution is 0.100. The fourth-order valence-electron chi connectivity index (χ4n) is 2.07. The summed E-state index contributed by atoms with van der Waals surface area (Å²) in [4.78, 5) is 15.9. The molecule has 2 N–H and O–H groups in total. The maximum absolute atomic E-state index is 11.5. The van der Waals surface area contributed by atoms with Crippen molar-refractivity contribution in [3.63, 3.8) is 0 Å². The van der Waals surface area contributed by atoms with Crippen molar-refractivity contribution >= 4 is 32.7 Å². The Balaban J connectivity index is 2.25. The number of aromatic nitrogens is 3. The third kappa shape index (κ3) is 2.18. The van der Waals surface area contributed by atoms with Crippen LogP contribution >= 0.6 is 15.9 Å². The van der Waals surface area contributed by atoms with Crippen molar-refractivity contribution in [3.8, 4) is 5.82 Å². The number of pyridine rings is 1. The summed E-state index contributed by atoms with van der Waals surface area (Å²) in [5.74, 6) is 0.223. The smallest absolute Gasteiger partial charge is 0.249 e. The van der Waals surface area contributed by atoms with E-state index in [0.717, 1.165) is 10.2 Å². The fraction of sp³-hybridized carbons (Fsp3) is 0.0714. The van der Waals surface area contributed by atoms with E-state index in [2.05, 4.69) is 26.0 Å². The molecule has 1 aromatic carbocycles. The van der Waals surface area contributed by atoms with Crippen LogP contribution in [0.15, 0.2) is 41.0 Å². The SMILES string of the molecule is Cc1cccc(-n2cc3c(C(N)=O)cc(Br)cc3n2)n1. The molecule has 0 bridgehead atoms. The highest BCUT2D eigenvalue weighted by Gasteiger charge is 2.12. The van der Waals surface area contributed by atoms with Gasteiger partial charge >= 0.3 is 0 Å². The van der Waals surface area contributed by atoms with Gasteiger partial charge in [-0.15, -0.1) is 0 Å². The van der Waals surface area contributed by atoms with E-state index in [1.807, 2.05) is 31.2 Å². The molecule has 0 radical (unpaired) electrons. The molecule has 6 heteroatoms. The van der Waals surface area contributed by atoms with Crippen LogP contribution in [-0.4, -0.2) is 20.7 Å². The predicted molar refractivity (Wildman–Crippen MR) is 79.8 cm³/mol. The van der Waals surface area contributed by atoms with Gasteiger partial charge in [0.05, 0.1) is 11.1 Å². The molecule has 0 saturated carbocycles. The van der Waals surface area contributed by atoms with E-state index >= 15 is 0 Å². The van der Waals surface area contributed by atoms with Gasteiger partial charge in [-0.2, -0.15) is 5.10 Å². The molecular formula is C14H11BrN4O. The van der Waals surface area contributed by atoms with Crippen molar-refractivity contribution in [3.05, 3.63) is 52.3 Å². The molecule has 0 atom stereocenters. The number of primary amides is 1. The number of hydrogen-bond donors (Lipinski definition) is 1. The molecule has 5 nitrogen and oxygen atoms in total. The quantitative estimate of drug-likeness (QED) is 0.784. The molecule has 20 heavy (non-hydrogen) atoms. The lowest BCUT2D eigenvalue weighted by Crippen LogP contribution is -2.11. The van der Waals surface area contributed by atoms with Gasteiger partial charge in [0.25, 0.3) is 0 Å². The lowest BCUT2D eigenvalue weighted by atomic mass is 10.1. The monoisotopic (exact) mass is 330 g/mol. The second-order valence-corrected chi connectivity index (χ2v) is 5.38. The zero-order valence-corrected chi connectivity index (χ0v) is 12.3. The highest BCUT2D eigenvalue weighted by atomic mass is 79.9. The molecule has 0 unspecified atom stereocenters. The highest BCUT2D eigenvalue weighted by molar-refractivity contribution is 9.10. The second kappa shape index (κ2) is 4.72. The van der Waals surface area contributed by atoms with Crippen LogP contribution in [-0.2, 0) is 0 Å². The van der Waals surface area contributed by atoms with Crippen LogP contribution in [0, 0.1) is 6.92 Å². The van der Waals surface area contributed by atoms with Crippen molar-refractivity contribution in [2.24, 2.45) is 5.73 Å². The van der Waals surface area contributed by atoms with Gasteiger partial charge in [0.1, 0.15) is 0 Å². The van der Waals surface area contributed by atoms with E-state index in [1.54, 1.807) is 16.9 Å². The first kappa shape index (κ1) is 12.8. The Bertz CT molecular complexity index is 825. The third-order valence-corrected chi connectivity index (χ3v) is 3.42. The van der Waals surface area contributed by atoms with Gasteiger partial charge in [0.2, 0.25) is 5.91 Å². The first-order chi connectivity index (χ1) is 9.54. The summed E-state index contributed by atoms with van der Waals surface area (Å²) >= 11 is 3.36. The van der Waals surface area contributed by atoms with Crippen molar-refractivity contribution in [1.82, 2.24) is 14.8 Å². The fourth-order valence-corrected chi connectivity index (χ4v) is 2.51. The molecule has 100 valence electrons. The second-order valence-electron chi connectivity index (χ2n) is 4.46. The van der Waals surface area contributed by atoms with Crippen molar-refractivity contribution < 1.29 is 4.79 Å². The minimum absolute atomic E-state index is 0.438. The molecule has 0 spiro atoms. The van der Waals surface area contributed by atoms with Crippen LogP contribution < -0.4 is 5.73 Å². The van der Waals surface area contributed by atoms with E-state index in [0.29, 0.717) is 22.3 Å². The zero-order chi connectivity index (χ0) is 14.3. The number of rotatable bonds is 2. The van der Waals surface area contributed by atoms with Crippen molar-refractivity contribution in [1.29, 1.82) is 0 Å². The maximum atomic E-state index is 11.5. The summed E-state index contributed by atoms with van der Waals surface area (Å²) in [6.07, 6.45) is 1.77. The van der Waals surface area contributed by atoms with Crippen LogP contribution in [0.3, 0.4) is 0 Å². The topological polar surface area (TPSA) is 73.8 Å².